The first-order chi connectivity index (χ1) is 21.0. The van der Waals surface area contributed by atoms with Gasteiger partial charge >= 0.3 is 0 Å². The highest BCUT2D eigenvalue weighted by Gasteiger charge is 2.38. The average Bonchev–Trinajstić information content (AvgIpc) is 3.30. The summed E-state index contributed by atoms with van der Waals surface area (Å²) in [6, 6.07) is 14.9. The summed E-state index contributed by atoms with van der Waals surface area (Å²) in [6.07, 6.45) is 2.66. The van der Waals surface area contributed by atoms with Crippen molar-refractivity contribution in [2.24, 2.45) is 0 Å². The zero-order valence-electron chi connectivity index (χ0n) is 24.7. The molecule has 0 atom stereocenters. The molecule has 0 aliphatic carbocycles. The molecular formula is C30H31FN4O7S2. The number of aromatic nitrogens is 1. The van der Waals surface area contributed by atoms with Crippen LogP contribution in [0.2, 0.25) is 0 Å². The zero-order chi connectivity index (χ0) is 31.6. The van der Waals surface area contributed by atoms with Crippen LogP contribution in [0.1, 0.15) is 27.0 Å². The SMILES string of the molecule is COc1ccc(COc2c3c(c(N(C)S(C)(=O)=O)c4cccnc24)CN(Cc2ccc(F)cc2SOON(C)C)C3=O)cc1. The lowest BCUT2D eigenvalue weighted by Crippen LogP contribution is -2.26. The third-order valence-corrected chi connectivity index (χ3v) is 8.86. The van der Waals surface area contributed by atoms with E-state index in [0.717, 1.165) is 28.2 Å². The van der Waals surface area contributed by atoms with Gasteiger partial charge in [-0.2, -0.15) is 5.06 Å². The fraction of sp³-hybridized carbons (Fsp3) is 0.267. The Balaban J connectivity index is 1.58. The highest BCUT2D eigenvalue weighted by molar-refractivity contribution is 7.94. The Morgan fingerprint density at radius 3 is 2.52 bits per heavy atom. The van der Waals surface area contributed by atoms with E-state index in [1.54, 1.807) is 50.5 Å². The highest BCUT2D eigenvalue weighted by Crippen LogP contribution is 2.45. The van der Waals surface area contributed by atoms with Crippen LogP contribution in [0.3, 0.4) is 0 Å². The fourth-order valence-electron chi connectivity index (χ4n) is 4.84. The maximum Gasteiger partial charge on any atom is 0.258 e. The van der Waals surface area contributed by atoms with Crippen LogP contribution < -0.4 is 13.8 Å². The summed E-state index contributed by atoms with van der Waals surface area (Å²) in [5.41, 5.74) is 2.83. The summed E-state index contributed by atoms with van der Waals surface area (Å²) in [4.78, 5) is 25.6. The van der Waals surface area contributed by atoms with E-state index in [0.29, 0.717) is 38.4 Å². The summed E-state index contributed by atoms with van der Waals surface area (Å²) in [5.74, 6) is 0.0780. The molecule has 0 fully saturated rings. The molecule has 0 bridgehead atoms. The molecule has 44 heavy (non-hydrogen) atoms. The summed E-state index contributed by atoms with van der Waals surface area (Å²) < 4.78 is 57.6. The number of hydroxylamine groups is 2. The summed E-state index contributed by atoms with van der Waals surface area (Å²) >= 11 is 0.810. The quantitative estimate of drug-likeness (QED) is 0.120. The number of halogens is 1. The van der Waals surface area contributed by atoms with Crippen molar-refractivity contribution in [1.29, 1.82) is 0 Å². The van der Waals surface area contributed by atoms with E-state index < -0.39 is 15.8 Å². The van der Waals surface area contributed by atoms with E-state index in [4.69, 9.17) is 18.8 Å². The van der Waals surface area contributed by atoms with E-state index >= 15 is 0 Å². The molecule has 0 saturated carbocycles. The molecule has 232 valence electrons. The van der Waals surface area contributed by atoms with Gasteiger partial charge in [-0.05, 0) is 47.5 Å². The number of anilines is 1. The molecule has 4 aromatic rings. The highest BCUT2D eigenvalue weighted by atomic mass is 32.2. The Bertz CT molecular complexity index is 1800. The van der Waals surface area contributed by atoms with Crippen molar-refractivity contribution in [3.8, 4) is 11.5 Å². The number of pyridine rings is 1. The Morgan fingerprint density at radius 1 is 1.09 bits per heavy atom. The lowest BCUT2D eigenvalue weighted by atomic mass is 10.0. The van der Waals surface area contributed by atoms with Crippen molar-refractivity contribution < 1.29 is 36.4 Å². The predicted octanol–water partition coefficient (Wildman–Crippen LogP) is 4.95. The molecule has 11 nitrogen and oxygen atoms in total. The number of hydrogen-bond donors (Lipinski definition) is 0. The molecule has 1 aromatic heterocycles. The van der Waals surface area contributed by atoms with Crippen LogP contribution in [0.5, 0.6) is 11.5 Å². The van der Waals surface area contributed by atoms with E-state index in [-0.39, 0.29) is 36.9 Å². The molecule has 2 heterocycles. The molecule has 0 unspecified atom stereocenters. The van der Waals surface area contributed by atoms with Crippen molar-refractivity contribution in [2.75, 3.05) is 38.8 Å². The molecule has 1 amide bonds. The Morgan fingerprint density at radius 2 is 1.84 bits per heavy atom. The smallest absolute Gasteiger partial charge is 0.258 e. The van der Waals surface area contributed by atoms with Crippen LogP contribution in [0.4, 0.5) is 10.1 Å². The number of nitrogens with zero attached hydrogens (tertiary/aromatic N) is 4. The molecule has 0 radical (unpaired) electrons. The number of fused-ring (bicyclic) bond motifs is 2. The molecule has 14 heteroatoms. The maximum atomic E-state index is 14.2. The van der Waals surface area contributed by atoms with Crippen LogP contribution in [0.25, 0.3) is 10.9 Å². The predicted molar refractivity (Wildman–Crippen MR) is 164 cm³/mol. The lowest BCUT2D eigenvalue weighted by molar-refractivity contribution is -0.340. The van der Waals surface area contributed by atoms with Crippen LogP contribution in [0, 0.1) is 5.82 Å². The molecule has 3 aromatic carbocycles. The van der Waals surface area contributed by atoms with E-state index in [1.165, 1.54) is 24.2 Å². The van der Waals surface area contributed by atoms with Gasteiger partial charge in [-0.3, -0.25) is 14.1 Å². The summed E-state index contributed by atoms with van der Waals surface area (Å²) in [6.45, 7) is 0.271. The third-order valence-electron chi connectivity index (χ3n) is 6.99. The van der Waals surface area contributed by atoms with Gasteiger partial charge in [-0.15, -0.1) is 9.32 Å². The standard InChI is InChI=1S/C30H31FN4O7S2/c1-33(2)41-42-43-25-15-21(31)11-10-20(25)16-35-17-24-26(30(35)36)29(40-18-19-8-12-22(39-4)13-9-19)27-23(7-6-14-32-27)28(24)34(3)44(5,37)38/h6-15H,16-18H2,1-5H3. The summed E-state index contributed by atoms with van der Waals surface area (Å²) in [7, 11) is 2.56. The maximum absolute atomic E-state index is 14.2. The van der Waals surface area contributed by atoms with Crippen molar-refractivity contribution in [3.05, 3.63) is 88.9 Å². The minimum absolute atomic E-state index is 0.0730. The van der Waals surface area contributed by atoms with E-state index in [9.17, 15) is 17.6 Å². The number of benzene rings is 3. The van der Waals surface area contributed by atoms with Gasteiger partial charge in [0.15, 0.2) is 5.75 Å². The largest absolute Gasteiger partial charge is 0.497 e. The monoisotopic (exact) mass is 642 g/mol. The number of hydrogen-bond acceptors (Lipinski definition) is 10. The van der Waals surface area contributed by atoms with Gasteiger partial charge in [0.25, 0.3) is 5.91 Å². The average molecular weight is 643 g/mol. The normalized spacial score (nSPS) is 13.1. The molecule has 1 aliphatic heterocycles. The molecule has 5 rings (SSSR count). The van der Waals surface area contributed by atoms with Gasteiger partial charge in [0.2, 0.25) is 10.0 Å². The van der Waals surface area contributed by atoms with Crippen molar-refractivity contribution in [2.45, 2.75) is 24.6 Å². The fourth-order valence-corrected chi connectivity index (χ4v) is 6.01. The number of sulfonamides is 1. The van der Waals surface area contributed by atoms with Crippen LogP contribution in [-0.2, 0) is 39.0 Å². The number of methoxy groups -OCH3 is 1. The number of ether oxygens (including phenoxy) is 2. The first-order valence-electron chi connectivity index (χ1n) is 13.4. The van der Waals surface area contributed by atoms with Crippen molar-refractivity contribution in [3.63, 3.8) is 0 Å². The van der Waals surface area contributed by atoms with E-state index in [1.807, 2.05) is 24.3 Å². The van der Waals surface area contributed by atoms with Gasteiger partial charge in [-0.25, -0.2) is 12.8 Å². The first kappa shape index (κ1) is 31.5. The minimum Gasteiger partial charge on any atom is -0.497 e. The van der Waals surface area contributed by atoms with Gasteiger partial charge < -0.3 is 14.4 Å². The second kappa shape index (κ2) is 13.0. The number of rotatable bonds is 12. The second-order valence-electron chi connectivity index (χ2n) is 10.2. The number of carbonyl (C=O) groups excluding carboxylic acids is 1. The minimum atomic E-state index is -3.72. The molecule has 0 N–H and O–H groups in total. The topological polar surface area (TPSA) is 111 Å². The summed E-state index contributed by atoms with van der Waals surface area (Å²) in [5, 5.41) is 1.85. The Kier molecular flexibility index (Phi) is 9.27. The zero-order valence-corrected chi connectivity index (χ0v) is 26.4. The Hall–Kier alpha value is -3.95. The van der Waals surface area contributed by atoms with Gasteiger partial charge in [0.05, 0.1) is 36.7 Å². The van der Waals surface area contributed by atoms with Crippen LogP contribution >= 0.6 is 12.0 Å². The number of amides is 1. The Labute approximate surface area is 259 Å². The van der Waals surface area contributed by atoms with Gasteiger partial charge in [-0.1, -0.05) is 18.2 Å². The van der Waals surface area contributed by atoms with Crippen LogP contribution in [0.15, 0.2) is 65.7 Å². The molecule has 0 saturated heterocycles. The van der Waals surface area contributed by atoms with Crippen molar-refractivity contribution >= 4 is 44.6 Å². The third kappa shape index (κ3) is 6.59. The lowest BCUT2D eigenvalue weighted by Gasteiger charge is -2.23. The van der Waals surface area contributed by atoms with Crippen LogP contribution in [-0.4, -0.2) is 63.8 Å². The first-order valence-corrected chi connectivity index (χ1v) is 16.0. The molecule has 0 spiro atoms. The second-order valence-corrected chi connectivity index (χ2v) is 13.0. The van der Waals surface area contributed by atoms with Gasteiger partial charge in [0, 0.05) is 56.3 Å². The van der Waals surface area contributed by atoms with Gasteiger partial charge in [0.1, 0.15) is 23.7 Å². The van der Waals surface area contributed by atoms with E-state index in [2.05, 4.69) is 4.98 Å². The number of carbonyl (C=O) groups is 1. The van der Waals surface area contributed by atoms with Crippen molar-refractivity contribution in [1.82, 2.24) is 14.9 Å². The molecule has 1 aliphatic rings. The molecular weight excluding hydrogens is 611 g/mol.